The molecule has 0 fully saturated rings. The van der Waals surface area contributed by atoms with E-state index >= 15 is 0 Å². The highest BCUT2D eigenvalue weighted by Gasteiger charge is 2.14. The highest BCUT2D eigenvalue weighted by Crippen LogP contribution is 2.10. The number of rotatable bonds is 6. The largest absolute Gasteiger partial charge is 0.345 e. The molecule has 0 aromatic heterocycles. The summed E-state index contributed by atoms with van der Waals surface area (Å²) in [4.78, 5) is 13.5. The third kappa shape index (κ3) is 6.40. The van der Waals surface area contributed by atoms with Crippen LogP contribution in [0.3, 0.4) is 0 Å². The second-order valence-electron chi connectivity index (χ2n) is 5.44. The Kier molecular flexibility index (Phi) is 8.44. The zero-order chi connectivity index (χ0) is 15.3. The minimum Gasteiger partial charge on any atom is -0.345 e. The third-order valence-electron chi connectivity index (χ3n) is 3.42. The van der Waals surface area contributed by atoms with Gasteiger partial charge in [0.2, 0.25) is 5.91 Å². The van der Waals surface area contributed by atoms with Gasteiger partial charge in [0.1, 0.15) is 0 Å². The number of nitrogens with zero attached hydrogens (tertiary/aromatic N) is 1. The predicted octanol–water partition coefficient (Wildman–Crippen LogP) is 2.76. The van der Waals surface area contributed by atoms with Gasteiger partial charge in [-0.15, -0.1) is 12.4 Å². The number of hydrogen-bond donors (Lipinski definition) is 1. The van der Waals surface area contributed by atoms with Crippen LogP contribution in [-0.4, -0.2) is 30.4 Å². The fourth-order valence-corrected chi connectivity index (χ4v) is 1.76. The fourth-order valence-electron chi connectivity index (χ4n) is 1.76. The van der Waals surface area contributed by atoms with Crippen molar-refractivity contribution in [2.45, 2.75) is 32.7 Å². The van der Waals surface area contributed by atoms with Gasteiger partial charge in [-0.3, -0.25) is 4.79 Å². The molecule has 120 valence electrons. The first-order chi connectivity index (χ1) is 9.31. The molecule has 0 aliphatic carbocycles. The number of amides is 1. The SMILES string of the molecule is CC(C)C(N)CCN(C)C(=O)Cc1ccc(F)c(F)c1.Cl. The van der Waals surface area contributed by atoms with Crippen molar-refractivity contribution in [3.63, 3.8) is 0 Å². The number of hydrogen-bond acceptors (Lipinski definition) is 2. The topological polar surface area (TPSA) is 46.3 Å². The number of carbonyl (C=O) groups is 1. The first-order valence-electron chi connectivity index (χ1n) is 6.74. The van der Waals surface area contributed by atoms with E-state index in [2.05, 4.69) is 0 Å². The Bertz CT molecular complexity index is 469. The van der Waals surface area contributed by atoms with E-state index in [9.17, 15) is 13.6 Å². The van der Waals surface area contributed by atoms with Crippen molar-refractivity contribution in [2.24, 2.45) is 11.7 Å². The van der Waals surface area contributed by atoms with E-state index in [4.69, 9.17) is 5.73 Å². The first-order valence-corrected chi connectivity index (χ1v) is 6.74. The minimum atomic E-state index is -0.931. The van der Waals surface area contributed by atoms with E-state index in [0.717, 1.165) is 18.6 Å². The maximum Gasteiger partial charge on any atom is 0.226 e. The van der Waals surface area contributed by atoms with Crippen molar-refractivity contribution in [3.8, 4) is 0 Å². The van der Waals surface area contributed by atoms with Gasteiger partial charge in [0.15, 0.2) is 11.6 Å². The second kappa shape index (κ2) is 8.95. The van der Waals surface area contributed by atoms with Gasteiger partial charge in [-0.1, -0.05) is 19.9 Å². The molecule has 0 saturated carbocycles. The summed E-state index contributed by atoms with van der Waals surface area (Å²) in [5.41, 5.74) is 6.39. The van der Waals surface area contributed by atoms with Crippen LogP contribution in [0.4, 0.5) is 8.78 Å². The molecule has 0 aliphatic heterocycles. The zero-order valence-electron chi connectivity index (χ0n) is 12.6. The van der Waals surface area contributed by atoms with Gasteiger partial charge in [-0.2, -0.15) is 0 Å². The normalized spacial score (nSPS) is 12.0. The summed E-state index contributed by atoms with van der Waals surface area (Å²) in [5.74, 6) is -1.60. The Hall–Kier alpha value is -1.20. The summed E-state index contributed by atoms with van der Waals surface area (Å²) in [7, 11) is 1.69. The summed E-state index contributed by atoms with van der Waals surface area (Å²) in [6.07, 6.45) is 0.780. The minimum absolute atomic E-state index is 0. The van der Waals surface area contributed by atoms with Crippen molar-refractivity contribution in [1.82, 2.24) is 4.90 Å². The average Bonchev–Trinajstić information content (AvgIpc) is 2.39. The molecule has 1 amide bonds. The second-order valence-corrected chi connectivity index (χ2v) is 5.44. The lowest BCUT2D eigenvalue weighted by Crippen LogP contribution is -2.35. The zero-order valence-corrected chi connectivity index (χ0v) is 13.4. The average molecular weight is 321 g/mol. The molecule has 3 nitrogen and oxygen atoms in total. The van der Waals surface area contributed by atoms with E-state index in [-0.39, 0.29) is 30.8 Å². The lowest BCUT2D eigenvalue weighted by atomic mass is 10.0. The van der Waals surface area contributed by atoms with E-state index in [1.165, 1.54) is 6.07 Å². The van der Waals surface area contributed by atoms with E-state index in [1.54, 1.807) is 11.9 Å². The van der Waals surface area contributed by atoms with Crippen LogP contribution in [0, 0.1) is 17.6 Å². The highest BCUT2D eigenvalue weighted by molar-refractivity contribution is 5.85. The molecule has 1 unspecified atom stereocenters. The van der Waals surface area contributed by atoms with Crippen LogP contribution in [0.1, 0.15) is 25.8 Å². The molecule has 2 N–H and O–H groups in total. The van der Waals surface area contributed by atoms with Crippen LogP contribution >= 0.6 is 12.4 Å². The lowest BCUT2D eigenvalue weighted by molar-refractivity contribution is -0.129. The quantitative estimate of drug-likeness (QED) is 0.876. The third-order valence-corrected chi connectivity index (χ3v) is 3.42. The molecular weight excluding hydrogens is 298 g/mol. The predicted molar refractivity (Wildman–Crippen MR) is 82.4 cm³/mol. The smallest absolute Gasteiger partial charge is 0.226 e. The molecule has 0 saturated heterocycles. The maximum atomic E-state index is 13.1. The van der Waals surface area contributed by atoms with Crippen molar-refractivity contribution in [1.29, 1.82) is 0 Å². The Labute approximate surface area is 130 Å². The molecule has 6 heteroatoms. The van der Waals surface area contributed by atoms with Crippen LogP contribution in [0.5, 0.6) is 0 Å². The molecule has 0 spiro atoms. The van der Waals surface area contributed by atoms with Gasteiger partial charge < -0.3 is 10.6 Å². The van der Waals surface area contributed by atoms with Crippen molar-refractivity contribution in [3.05, 3.63) is 35.4 Å². The van der Waals surface area contributed by atoms with Crippen LogP contribution in [-0.2, 0) is 11.2 Å². The molecular formula is C15H23ClF2N2O. The van der Waals surface area contributed by atoms with Crippen LogP contribution in [0.15, 0.2) is 18.2 Å². The molecule has 0 bridgehead atoms. The Morgan fingerprint density at radius 2 is 1.90 bits per heavy atom. The van der Waals surface area contributed by atoms with Gasteiger partial charge >= 0.3 is 0 Å². The number of carbonyl (C=O) groups excluding carboxylic acids is 1. The van der Waals surface area contributed by atoms with Crippen LogP contribution < -0.4 is 5.73 Å². The molecule has 0 radical (unpaired) electrons. The summed E-state index contributed by atoms with van der Waals surface area (Å²) in [5, 5.41) is 0. The molecule has 21 heavy (non-hydrogen) atoms. The van der Waals surface area contributed by atoms with Crippen molar-refractivity contribution < 1.29 is 13.6 Å². The van der Waals surface area contributed by atoms with Crippen LogP contribution in [0.25, 0.3) is 0 Å². The number of halogens is 3. The first kappa shape index (κ1) is 19.8. The van der Waals surface area contributed by atoms with E-state index in [1.807, 2.05) is 13.8 Å². The molecule has 0 aliphatic rings. The van der Waals surface area contributed by atoms with E-state index < -0.39 is 11.6 Å². The number of nitrogens with two attached hydrogens (primary N) is 1. The van der Waals surface area contributed by atoms with Gasteiger partial charge in [-0.05, 0) is 30.0 Å². The fraction of sp³-hybridized carbons (Fsp3) is 0.533. The number of benzene rings is 1. The molecule has 1 aromatic carbocycles. The molecule has 1 aromatic rings. The summed E-state index contributed by atoms with van der Waals surface area (Å²) >= 11 is 0. The van der Waals surface area contributed by atoms with Gasteiger partial charge in [-0.25, -0.2) is 8.78 Å². The standard InChI is InChI=1S/C15H22F2N2O.ClH/c1-10(2)14(18)6-7-19(3)15(20)9-11-4-5-12(16)13(17)8-11;/h4-5,8,10,14H,6-7,9,18H2,1-3H3;1H. The van der Waals surface area contributed by atoms with Gasteiger partial charge in [0, 0.05) is 19.6 Å². The van der Waals surface area contributed by atoms with Crippen molar-refractivity contribution >= 4 is 18.3 Å². The summed E-state index contributed by atoms with van der Waals surface area (Å²) in [6, 6.07) is 3.56. The Balaban J connectivity index is 0.00000400. The molecule has 1 rings (SSSR count). The number of likely N-dealkylation sites (N-methyl/N-ethyl adjacent to an activating group) is 1. The summed E-state index contributed by atoms with van der Waals surface area (Å²) < 4.78 is 25.9. The lowest BCUT2D eigenvalue weighted by Gasteiger charge is -2.21. The van der Waals surface area contributed by atoms with Gasteiger partial charge in [0.25, 0.3) is 0 Å². The van der Waals surface area contributed by atoms with E-state index in [0.29, 0.717) is 18.0 Å². The van der Waals surface area contributed by atoms with Crippen LogP contribution in [0.2, 0.25) is 0 Å². The Morgan fingerprint density at radius 3 is 2.43 bits per heavy atom. The van der Waals surface area contributed by atoms with Crippen molar-refractivity contribution in [2.75, 3.05) is 13.6 Å². The molecule has 1 atom stereocenters. The maximum absolute atomic E-state index is 13.1. The molecule has 0 heterocycles. The van der Waals surface area contributed by atoms with Gasteiger partial charge in [0.05, 0.1) is 6.42 Å². The monoisotopic (exact) mass is 320 g/mol. The summed E-state index contributed by atoms with van der Waals surface area (Å²) in [6.45, 7) is 4.63. The Morgan fingerprint density at radius 1 is 1.29 bits per heavy atom. The highest BCUT2D eigenvalue weighted by atomic mass is 35.5.